The summed E-state index contributed by atoms with van der Waals surface area (Å²) in [7, 11) is 0. The van der Waals surface area contributed by atoms with E-state index in [0.717, 1.165) is 0 Å². The van der Waals surface area contributed by atoms with Crippen LogP contribution in [0.1, 0.15) is 0 Å². The molecule has 0 fully saturated rings. The van der Waals surface area contributed by atoms with Crippen molar-refractivity contribution >= 4 is 23.3 Å². The molecule has 1 aromatic carbocycles. The standard InChI is InChI=1S/C13H13N3O5/c1-2-7-15(9-13(18)19)8-12(17)14-10-5-3-4-6-11(10)16(20)21/h1,3-6H,7-9H2,(H,14,17)(H,18,19). The van der Waals surface area contributed by atoms with E-state index in [9.17, 15) is 19.7 Å². The van der Waals surface area contributed by atoms with E-state index in [0.29, 0.717) is 0 Å². The SMILES string of the molecule is C#CCN(CC(=O)O)CC(=O)Nc1ccccc1[N+](=O)[O-]. The third-order valence-corrected chi connectivity index (χ3v) is 2.42. The largest absolute Gasteiger partial charge is 0.480 e. The predicted octanol–water partition coefficient (Wildman–Crippen LogP) is 0.553. The molecule has 0 aliphatic heterocycles. The van der Waals surface area contributed by atoms with E-state index in [1.807, 2.05) is 0 Å². The number of carboxylic acids is 1. The number of rotatable bonds is 7. The van der Waals surface area contributed by atoms with Gasteiger partial charge < -0.3 is 10.4 Å². The fraction of sp³-hybridized carbons (Fsp3) is 0.231. The zero-order chi connectivity index (χ0) is 15.8. The second kappa shape index (κ2) is 7.62. The number of benzene rings is 1. The first-order chi connectivity index (χ1) is 9.93. The summed E-state index contributed by atoms with van der Waals surface area (Å²) in [5.41, 5.74) is -0.198. The third kappa shape index (κ3) is 5.30. The molecule has 8 nitrogen and oxygen atoms in total. The van der Waals surface area contributed by atoms with Gasteiger partial charge in [0.05, 0.1) is 24.6 Å². The summed E-state index contributed by atoms with van der Waals surface area (Å²) in [5.74, 6) is 0.542. The van der Waals surface area contributed by atoms with Crippen molar-refractivity contribution in [2.24, 2.45) is 0 Å². The number of carboxylic acid groups (broad SMARTS) is 1. The second-order valence-electron chi connectivity index (χ2n) is 4.07. The van der Waals surface area contributed by atoms with Crippen LogP contribution in [-0.4, -0.2) is 46.4 Å². The summed E-state index contributed by atoms with van der Waals surface area (Å²) in [4.78, 5) is 33.9. The monoisotopic (exact) mass is 291 g/mol. The summed E-state index contributed by atoms with van der Waals surface area (Å²) in [5, 5.41) is 21.9. The Labute approximate surface area is 120 Å². The van der Waals surface area contributed by atoms with Gasteiger partial charge in [0.15, 0.2) is 0 Å². The third-order valence-electron chi connectivity index (χ3n) is 2.42. The number of carbonyl (C=O) groups excluding carboxylic acids is 1. The molecule has 0 saturated carbocycles. The Morgan fingerprint density at radius 1 is 1.38 bits per heavy atom. The van der Waals surface area contributed by atoms with Gasteiger partial charge >= 0.3 is 5.97 Å². The van der Waals surface area contributed by atoms with Crippen molar-refractivity contribution in [3.05, 3.63) is 34.4 Å². The Morgan fingerprint density at radius 2 is 2.05 bits per heavy atom. The molecular formula is C13H13N3O5. The minimum atomic E-state index is -1.12. The van der Waals surface area contributed by atoms with Crippen molar-refractivity contribution in [1.29, 1.82) is 0 Å². The van der Waals surface area contributed by atoms with E-state index in [4.69, 9.17) is 11.5 Å². The number of terminal acetylenes is 1. The molecule has 0 radical (unpaired) electrons. The van der Waals surface area contributed by atoms with Gasteiger partial charge in [-0.2, -0.15) is 0 Å². The number of nitrogens with zero attached hydrogens (tertiary/aromatic N) is 2. The molecule has 2 N–H and O–H groups in total. The van der Waals surface area contributed by atoms with Crippen LogP contribution in [0.25, 0.3) is 0 Å². The highest BCUT2D eigenvalue weighted by atomic mass is 16.6. The van der Waals surface area contributed by atoms with Gasteiger partial charge in [-0.3, -0.25) is 24.6 Å². The van der Waals surface area contributed by atoms with Gasteiger partial charge in [0.2, 0.25) is 5.91 Å². The Hall–Kier alpha value is -2.92. The highest BCUT2D eigenvalue weighted by Crippen LogP contribution is 2.22. The number of carbonyl (C=O) groups is 2. The molecule has 0 atom stereocenters. The molecule has 0 saturated heterocycles. The fourth-order valence-corrected chi connectivity index (χ4v) is 1.62. The zero-order valence-electron chi connectivity index (χ0n) is 11.0. The van der Waals surface area contributed by atoms with Gasteiger partial charge in [0.1, 0.15) is 5.69 Å². The number of nitro benzene ring substituents is 1. The van der Waals surface area contributed by atoms with Gasteiger partial charge in [-0.1, -0.05) is 18.1 Å². The molecule has 0 aromatic heterocycles. The first kappa shape index (κ1) is 16.1. The van der Waals surface area contributed by atoms with Crippen LogP contribution in [0.5, 0.6) is 0 Å². The number of nitrogens with one attached hydrogen (secondary N) is 1. The Morgan fingerprint density at radius 3 is 2.62 bits per heavy atom. The topological polar surface area (TPSA) is 113 Å². The van der Waals surface area contributed by atoms with Crippen LogP contribution in [0.4, 0.5) is 11.4 Å². The van der Waals surface area contributed by atoms with Crippen molar-refractivity contribution in [3.63, 3.8) is 0 Å². The molecule has 21 heavy (non-hydrogen) atoms. The quantitative estimate of drug-likeness (QED) is 0.431. The van der Waals surface area contributed by atoms with Gasteiger partial charge in [0, 0.05) is 6.07 Å². The molecule has 1 amide bonds. The highest BCUT2D eigenvalue weighted by Gasteiger charge is 2.17. The van der Waals surface area contributed by atoms with Gasteiger partial charge in [0.25, 0.3) is 5.69 Å². The minimum absolute atomic E-state index is 0.0173. The fourth-order valence-electron chi connectivity index (χ4n) is 1.62. The van der Waals surface area contributed by atoms with E-state index in [1.54, 1.807) is 6.07 Å². The van der Waals surface area contributed by atoms with Crippen LogP contribution in [0.2, 0.25) is 0 Å². The van der Waals surface area contributed by atoms with Crippen molar-refractivity contribution in [2.45, 2.75) is 0 Å². The highest BCUT2D eigenvalue weighted by molar-refractivity contribution is 5.94. The normalized spacial score (nSPS) is 9.90. The molecule has 0 aliphatic carbocycles. The zero-order valence-corrected chi connectivity index (χ0v) is 11.0. The van der Waals surface area contributed by atoms with Crippen LogP contribution in [0, 0.1) is 22.5 Å². The van der Waals surface area contributed by atoms with Crippen molar-refractivity contribution in [3.8, 4) is 12.3 Å². The molecule has 0 unspecified atom stereocenters. The average Bonchev–Trinajstić information content (AvgIpc) is 2.38. The van der Waals surface area contributed by atoms with Crippen molar-refractivity contribution in [2.75, 3.05) is 25.0 Å². The molecule has 0 heterocycles. The summed E-state index contributed by atoms with van der Waals surface area (Å²) >= 11 is 0. The lowest BCUT2D eigenvalue weighted by Crippen LogP contribution is -2.37. The second-order valence-corrected chi connectivity index (χ2v) is 4.07. The smallest absolute Gasteiger partial charge is 0.317 e. The summed E-state index contributed by atoms with van der Waals surface area (Å²) in [6.07, 6.45) is 5.09. The molecule has 1 rings (SSSR count). The number of anilines is 1. The van der Waals surface area contributed by atoms with E-state index in [-0.39, 0.29) is 24.5 Å². The maximum Gasteiger partial charge on any atom is 0.317 e. The molecule has 1 aromatic rings. The lowest BCUT2D eigenvalue weighted by molar-refractivity contribution is -0.383. The molecule has 0 bridgehead atoms. The average molecular weight is 291 g/mol. The molecule has 0 aliphatic rings. The van der Waals surface area contributed by atoms with Crippen molar-refractivity contribution < 1.29 is 19.6 Å². The number of hydrogen-bond donors (Lipinski definition) is 2. The Bertz CT molecular complexity index is 594. The molecule has 0 spiro atoms. The van der Waals surface area contributed by atoms with Crippen LogP contribution < -0.4 is 5.32 Å². The van der Waals surface area contributed by atoms with Crippen LogP contribution in [0.3, 0.4) is 0 Å². The lowest BCUT2D eigenvalue weighted by atomic mass is 10.2. The number of nitro groups is 1. The van der Waals surface area contributed by atoms with Crippen LogP contribution in [0.15, 0.2) is 24.3 Å². The Balaban J connectivity index is 2.75. The Kier molecular flexibility index (Phi) is 5.85. The van der Waals surface area contributed by atoms with E-state index >= 15 is 0 Å². The minimum Gasteiger partial charge on any atom is -0.480 e. The first-order valence-corrected chi connectivity index (χ1v) is 5.85. The number of aliphatic carboxylic acids is 1. The van der Waals surface area contributed by atoms with E-state index < -0.39 is 23.3 Å². The summed E-state index contributed by atoms with van der Waals surface area (Å²) in [6, 6.07) is 5.66. The van der Waals surface area contributed by atoms with Gasteiger partial charge in [-0.05, 0) is 6.07 Å². The number of amides is 1. The molecular weight excluding hydrogens is 278 g/mol. The van der Waals surface area contributed by atoms with E-state index in [1.165, 1.54) is 23.1 Å². The number of para-hydroxylation sites is 2. The molecule has 110 valence electrons. The summed E-state index contributed by atoms with van der Waals surface area (Å²) < 4.78 is 0. The molecule has 8 heteroatoms. The first-order valence-electron chi connectivity index (χ1n) is 5.85. The lowest BCUT2D eigenvalue weighted by Gasteiger charge is -2.16. The predicted molar refractivity (Wildman–Crippen MR) is 74.6 cm³/mol. The van der Waals surface area contributed by atoms with Gasteiger partial charge in [-0.25, -0.2) is 0 Å². The van der Waals surface area contributed by atoms with E-state index in [2.05, 4.69) is 11.2 Å². The van der Waals surface area contributed by atoms with Crippen LogP contribution in [-0.2, 0) is 9.59 Å². The maximum atomic E-state index is 11.8. The maximum absolute atomic E-state index is 11.8. The van der Waals surface area contributed by atoms with Crippen LogP contribution >= 0.6 is 0 Å². The van der Waals surface area contributed by atoms with Gasteiger partial charge in [-0.15, -0.1) is 6.42 Å². The summed E-state index contributed by atoms with van der Waals surface area (Å²) in [6.45, 7) is -0.687. The number of hydrogen-bond acceptors (Lipinski definition) is 5. The van der Waals surface area contributed by atoms with Crippen molar-refractivity contribution in [1.82, 2.24) is 4.90 Å².